The summed E-state index contributed by atoms with van der Waals surface area (Å²) in [5.74, 6) is -1.55. The number of carbonyl (C=O) groups is 1. The average Bonchev–Trinajstić information content (AvgIpc) is 3.37. The van der Waals surface area contributed by atoms with Crippen LogP contribution in [0, 0.1) is 18.6 Å². The van der Waals surface area contributed by atoms with E-state index in [4.69, 9.17) is 0 Å². The standard InChI is InChI=1S/C19H20F2N2O/c1-13-2-4-14(5-3-13)11-23(16-7-8-16)12-19(24)22-18-10-15(20)6-9-17(18)21/h2-6,9-10,16H,7-8,11-12H2,1H3,(H,22,24). The van der Waals surface area contributed by atoms with Gasteiger partial charge in [0.05, 0.1) is 12.2 Å². The van der Waals surface area contributed by atoms with Crippen LogP contribution in [0.15, 0.2) is 42.5 Å². The zero-order chi connectivity index (χ0) is 17.1. The molecule has 3 nitrogen and oxygen atoms in total. The number of hydrogen-bond donors (Lipinski definition) is 1. The van der Waals surface area contributed by atoms with Crippen LogP contribution >= 0.6 is 0 Å². The van der Waals surface area contributed by atoms with Gasteiger partial charge < -0.3 is 5.32 Å². The SMILES string of the molecule is Cc1ccc(CN(CC(=O)Nc2cc(F)ccc2F)C2CC2)cc1. The predicted molar refractivity (Wildman–Crippen MR) is 89.6 cm³/mol. The summed E-state index contributed by atoms with van der Waals surface area (Å²) in [6.07, 6.45) is 2.13. The van der Waals surface area contributed by atoms with E-state index in [1.807, 2.05) is 19.1 Å². The second-order valence-corrected chi connectivity index (χ2v) is 6.29. The highest BCUT2D eigenvalue weighted by Gasteiger charge is 2.30. The molecule has 1 fully saturated rings. The van der Waals surface area contributed by atoms with Gasteiger partial charge in [0.25, 0.3) is 0 Å². The topological polar surface area (TPSA) is 32.3 Å². The molecule has 3 rings (SSSR count). The monoisotopic (exact) mass is 330 g/mol. The van der Waals surface area contributed by atoms with E-state index in [1.54, 1.807) is 0 Å². The minimum atomic E-state index is -0.638. The van der Waals surface area contributed by atoms with Crippen molar-refractivity contribution in [1.29, 1.82) is 0 Å². The zero-order valence-corrected chi connectivity index (χ0v) is 13.6. The molecule has 1 N–H and O–H groups in total. The molecular formula is C19H20F2N2O. The highest BCUT2D eigenvalue weighted by Crippen LogP contribution is 2.28. The summed E-state index contributed by atoms with van der Waals surface area (Å²) in [5, 5.41) is 2.46. The molecule has 1 aliphatic rings. The first-order valence-corrected chi connectivity index (χ1v) is 8.06. The number of carbonyl (C=O) groups excluding carboxylic acids is 1. The van der Waals surface area contributed by atoms with Gasteiger partial charge in [0.1, 0.15) is 11.6 Å². The minimum Gasteiger partial charge on any atom is -0.322 e. The van der Waals surface area contributed by atoms with Gasteiger partial charge in [-0.2, -0.15) is 0 Å². The molecule has 5 heteroatoms. The number of anilines is 1. The Labute approximate surface area is 140 Å². The number of amides is 1. The summed E-state index contributed by atoms with van der Waals surface area (Å²) >= 11 is 0. The molecule has 2 aromatic rings. The smallest absolute Gasteiger partial charge is 0.238 e. The van der Waals surface area contributed by atoms with Crippen LogP contribution in [0.25, 0.3) is 0 Å². The zero-order valence-electron chi connectivity index (χ0n) is 13.6. The minimum absolute atomic E-state index is 0.119. The lowest BCUT2D eigenvalue weighted by Crippen LogP contribution is -2.34. The van der Waals surface area contributed by atoms with Crippen LogP contribution in [-0.4, -0.2) is 23.4 Å². The summed E-state index contributed by atoms with van der Waals surface area (Å²) < 4.78 is 26.8. The Morgan fingerprint density at radius 3 is 2.54 bits per heavy atom. The molecule has 0 radical (unpaired) electrons. The quantitative estimate of drug-likeness (QED) is 0.872. The Morgan fingerprint density at radius 1 is 1.17 bits per heavy atom. The van der Waals surface area contributed by atoms with Crippen LogP contribution in [0.4, 0.5) is 14.5 Å². The number of rotatable bonds is 6. The molecule has 0 saturated heterocycles. The molecule has 0 bridgehead atoms. The molecule has 0 aliphatic heterocycles. The van der Waals surface area contributed by atoms with Crippen molar-refractivity contribution in [2.75, 3.05) is 11.9 Å². The van der Waals surface area contributed by atoms with Crippen molar-refractivity contribution in [1.82, 2.24) is 4.90 Å². The fourth-order valence-corrected chi connectivity index (χ4v) is 2.65. The highest BCUT2D eigenvalue weighted by molar-refractivity contribution is 5.92. The first-order chi connectivity index (χ1) is 11.5. The van der Waals surface area contributed by atoms with E-state index in [-0.39, 0.29) is 18.1 Å². The van der Waals surface area contributed by atoms with Crippen molar-refractivity contribution in [2.45, 2.75) is 32.4 Å². The summed E-state index contributed by atoms with van der Waals surface area (Å²) in [6, 6.07) is 11.6. The van der Waals surface area contributed by atoms with Crippen molar-refractivity contribution in [2.24, 2.45) is 0 Å². The number of halogens is 2. The van der Waals surface area contributed by atoms with Crippen molar-refractivity contribution in [3.63, 3.8) is 0 Å². The number of nitrogens with zero attached hydrogens (tertiary/aromatic N) is 1. The maximum atomic E-state index is 13.6. The van der Waals surface area contributed by atoms with Gasteiger partial charge in [0.15, 0.2) is 0 Å². The lowest BCUT2D eigenvalue weighted by molar-refractivity contribution is -0.117. The molecule has 2 aromatic carbocycles. The van der Waals surface area contributed by atoms with Crippen molar-refractivity contribution >= 4 is 11.6 Å². The number of hydrogen-bond acceptors (Lipinski definition) is 2. The number of nitrogens with one attached hydrogen (secondary N) is 1. The van der Waals surface area contributed by atoms with Gasteiger partial charge in [-0.25, -0.2) is 8.78 Å². The molecule has 0 heterocycles. The average molecular weight is 330 g/mol. The van der Waals surface area contributed by atoms with Crippen LogP contribution in [-0.2, 0) is 11.3 Å². The van der Waals surface area contributed by atoms with E-state index in [9.17, 15) is 13.6 Å². The maximum Gasteiger partial charge on any atom is 0.238 e. The van der Waals surface area contributed by atoms with Gasteiger partial charge in [-0.05, 0) is 37.5 Å². The van der Waals surface area contributed by atoms with Crippen LogP contribution in [0.3, 0.4) is 0 Å². The lowest BCUT2D eigenvalue weighted by atomic mass is 10.1. The molecule has 24 heavy (non-hydrogen) atoms. The van der Waals surface area contributed by atoms with Crippen LogP contribution in [0.5, 0.6) is 0 Å². The van der Waals surface area contributed by atoms with Crippen molar-refractivity contribution < 1.29 is 13.6 Å². The molecule has 1 amide bonds. The van der Waals surface area contributed by atoms with Gasteiger partial charge in [-0.1, -0.05) is 29.8 Å². The highest BCUT2D eigenvalue weighted by atomic mass is 19.1. The second-order valence-electron chi connectivity index (χ2n) is 6.29. The van der Waals surface area contributed by atoms with E-state index in [2.05, 4.69) is 22.3 Å². The van der Waals surface area contributed by atoms with Gasteiger partial charge in [-0.15, -0.1) is 0 Å². The van der Waals surface area contributed by atoms with Crippen molar-refractivity contribution in [3.05, 3.63) is 65.2 Å². The van der Waals surface area contributed by atoms with Gasteiger partial charge in [0.2, 0.25) is 5.91 Å². The van der Waals surface area contributed by atoms with E-state index in [1.165, 1.54) is 5.56 Å². The summed E-state index contributed by atoms with van der Waals surface area (Å²) in [5.41, 5.74) is 2.21. The van der Waals surface area contributed by atoms with E-state index in [0.717, 1.165) is 36.6 Å². The van der Waals surface area contributed by atoms with Gasteiger partial charge >= 0.3 is 0 Å². The molecule has 0 aromatic heterocycles. The second kappa shape index (κ2) is 7.09. The Morgan fingerprint density at radius 2 is 1.88 bits per heavy atom. The fourth-order valence-electron chi connectivity index (χ4n) is 2.65. The van der Waals surface area contributed by atoms with Gasteiger partial charge in [0, 0.05) is 18.7 Å². The molecular weight excluding hydrogens is 310 g/mol. The largest absolute Gasteiger partial charge is 0.322 e. The fraction of sp³-hybridized carbons (Fsp3) is 0.316. The third-order valence-electron chi connectivity index (χ3n) is 4.12. The van der Waals surface area contributed by atoms with Crippen molar-refractivity contribution in [3.8, 4) is 0 Å². The molecule has 126 valence electrons. The molecule has 0 unspecified atom stereocenters. The summed E-state index contributed by atoms with van der Waals surface area (Å²) in [7, 11) is 0. The first-order valence-electron chi connectivity index (χ1n) is 8.06. The normalized spacial score (nSPS) is 14.0. The predicted octanol–water partition coefficient (Wildman–Crippen LogP) is 3.88. The Kier molecular flexibility index (Phi) is 4.90. The lowest BCUT2D eigenvalue weighted by Gasteiger charge is -2.21. The first kappa shape index (κ1) is 16.6. The molecule has 0 spiro atoms. The summed E-state index contributed by atoms with van der Waals surface area (Å²) in [4.78, 5) is 14.3. The summed E-state index contributed by atoms with van der Waals surface area (Å²) in [6.45, 7) is 2.86. The third kappa shape index (κ3) is 4.38. The van der Waals surface area contributed by atoms with Crippen LogP contribution in [0.2, 0.25) is 0 Å². The van der Waals surface area contributed by atoms with Gasteiger partial charge in [-0.3, -0.25) is 9.69 Å². The Bertz CT molecular complexity index is 727. The van der Waals surface area contributed by atoms with Crippen LogP contribution in [0.1, 0.15) is 24.0 Å². The Hall–Kier alpha value is -2.27. The maximum absolute atomic E-state index is 13.6. The Balaban J connectivity index is 1.63. The molecule has 1 aliphatic carbocycles. The van der Waals surface area contributed by atoms with E-state index in [0.29, 0.717) is 12.6 Å². The third-order valence-corrected chi connectivity index (χ3v) is 4.12. The number of aryl methyl sites for hydroxylation is 1. The number of benzene rings is 2. The molecule has 0 atom stereocenters. The van der Waals surface area contributed by atoms with Crippen LogP contribution < -0.4 is 5.32 Å². The van der Waals surface area contributed by atoms with E-state index >= 15 is 0 Å². The van der Waals surface area contributed by atoms with E-state index < -0.39 is 11.6 Å². The molecule has 1 saturated carbocycles.